The van der Waals surface area contributed by atoms with Crippen LogP contribution in [0.4, 0.5) is 5.69 Å². The summed E-state index contributed by atoms with van der Waals surface area (Å²) < 4.78 is 5.98. The fraction of sp³-hybridized carbons (Fsp3) is 0.429. The monoisotopic (exact) mass is 383 g/mol. The number of rotatable bonds is 4. The molecule has 6 heteroatoms. The van der Waals surface area contributed by atoms with Crippen molar-refractivity contribution in [3.05, 3.63) is 52.5 Å². The van der Waals surface area contributed by atoms with Crippen molar-refractivity contribution in [3.63, 3.8) is 0 Å². The summed E-state index contributed by atoms with van der Waals surface area (Å²) in [5.41, 5.74) is 4.28. The number of anilines is 1. The summed E-state index contributed by atoms with van der Waals surface area (Å²) in [4.78, 5) is 19.6. The van der Waals surface area contributed by atoms with E-state index < -0.39 is 0 Å². The SMILES string of the molecule is CC1=N[C@H]2c3c(oc(C(=O)NCc4ccc(N(C)C)cc4)c3C)CC[C@@H]2S1. The highest BCUT2D eigenvalue weighted by Crippen LogP contribution is 2.47. The lowest BCUT2D eigenvalue weighted by Gasteiger charge is -2.22. The first-order valence-corrected chi connectivity index (χ1v) is 10.2. The molecular formula is C21H25N3O2S. The van der Waals surface area contributed by atoms with Gasteiger partial charge in [-0.2, -0.15) is 0 Å². The van der Waals surface area contributed by atoms with E-state index in [9.17, 15) is 4.79 Å². The van der Waals surface area contributed by atoms with E-state index in [1.54, 1.807) is 0 Å². The topological polar surface area (TPSA) is 57.8 Å². The Labute approximate surface area is 164 Å². The molecule has 0 unspecified atom stereocenters. The van der Waals surface area contributed by atoms with Crippen LogP contribution < -0.4 is 10.2 Å². The molecule has 2 aromatic rings. The van der Waals surface area contributed by atoms with Gasteiger partial charge in [-0.05, 0) is 38.0 Å². The summed E-state index contributed by atoms with van der Waals surface area (Å²) in [6.07, 6.45) is 1.93. The van der Waals surface area contributed by atoms with Crippen molar-refractivity contribution in [1.29, 1.82) is 0 Å². The van der Waals surface area contributed by atoms with Crippen molar-refractivity contribution in [2.24, 2.45) is 4.99 Å². The average Bonchev–Trinajstić information content (AvgIpc) is 3.19. The zero-order valence-corrected chi connectivity index (χ0v) is 17.0. The van der Waals surface area contributed by atoms with Gasteiger partial charge in [0.05, 0.1) is 11.1 Å². The number of benzene rings is 1. The molecular weight excluding hydrogens is 358 g/mol. The number of carbonyl (C=O) groups excluding carboxylic acids is 1. The van der Waals surface area contributed by atoms with Gasteiger partial charge in [-0.15, -0.1) is 11.8 Å². The maximum Gasteiger partial charge on any atom is 0.287 e. The van der Waals surface area contributed by atoms with E-state index in [-0.39, 0.29) is 11.9 Å². The molecule has 4 rings (SSSR count). The summed E-state index contributed by atoms with van der Waals surface area (Å²) in [6, 6.07) is 8.32. The van der Waals surface area contributed by atoms with Gasteiger partial charge >= 0.3 is 0 Å². The second-order valence-electron chi connectivity index (χ2n) is 7.42. The van der Waals surface area contributed by atoms with E-state index >= 15 is 0 Å². The van der Waals surface area contributed by atoms with Gasteiger partial charge in [0.15, 0.2) is 5.76 Å². The molecule has 0 radical (unpaired) electrons. The second kappa shape index (κ2) is 7.08. The molecule has 0 saturated carbocycles. The Balaban J connectivity index is 1.49. The normalized spacial score (nSPS) is 20.7. The van der Waals surface area contributed by atoms with Gasteiger partial charge in [-0.25, -0.2) is 0 Å². The van der Waals surface area contributed by atoms with Crippen LogP contribution >= 0.6 is 11.8 Å². The highest BCUT2D eigenvalue weighted by Gasteiger charge is 2.39. The average molecular weight is 384 g/mol. The van der Waals surface area contributed by atoms with Crippen LogP contribution in [0, 0.1) is 6.92 Å². The second-order valence-corrected chi connectivity index (χ2v) is 8.86. The van der Waals surface area contributed by atoms with E-state index in [0.29, 0.717) is 17.6 Å². The summed E-state index contributed by atoms with van der Waals surface area (Å²) >= 11 is 1.85. The smallest absolute Gasteiger partial charge is 0.287 e. The van der Waals surface area contributed by atoms with Gasteiger partial charge in [0.1, 0.15) is 5.76 Å². The Hall–Kier alpha value is -2.21. The number of aryl methyl sites for hydroxylation is 1. The van der Waals surface area contributed by atoms with Gasteiger partial charge in [0.25, 0.3) is 5.91 Å². The maximum absolute atomic E-state index is 12.7. The zero-order chi connectivity index (χ0) is 19.1. The number of nitrogens with one attached hydrogen (secondary N) is 1. The van der Waals surface area contributed by atoms with E-state index in [2.05, 4.69) is 29.3 Å². The Kier molecular flexibility index (Phi) is 4.76. The van der Waals surface area contributed by atoms with Crippen LogP contribution in [-0.4, -0.2) is 30.3 Å². The fourth-order valence-electron chi connectivity index (χ4n) is 3.88. The molecule has 1 N–H and O–H groups in total. The van der Waals surface area contributed by atoms with Crippen molar-refractivity contribution in [2.45, 2.75) is 44.5 Å². The van der Waals surface area contributed by atoms with Crippen molar-refractivity contribution in [3.8, 4) is 0 Å². The van der Waals surface area contributed by atoms with Crippen molar-refractivity contribution in [2.75, 3.05) is 19.0 Å². The van der Waals surface area contributed by atoms with E-state index in [1.165, 1.54) is 0 Å². The van der Waals surface area contributed by atoms with Gasteiger partial charge in [0, 0.05) is 49.1 Å². The number of carbonyl (C=O) groups is 1. The number of hydrogen-bond acceptors (Lipinski definition) is 5. The molecule has 0 spiro atoms. The van der Waals surface area contributed by atoms with Crippen LogP contribution in [0.3, 0.4) is 0 Å². The van der Waals surface area contributed by atoms with Crippen LogP contribution in [0.15, 0.2) is 33.7 Å². The molecule has 2 heterocycles. The zero-order valence-electron chi connectivity index (χ0n) is 16.2. The third-order valence-electron chi connectivity index (χ3n) is 5.33. The molecule has 0 saturated heterocycles. The Morgan fingerprint density at radius 1 is 1.30 bits per heavy atom. The number of furan rings is 1. The molecule has 1 amide bonds. The number of nitrogens with zero attached hydrogens (tertiary/aromatic N) is 2. The lowest BCUT2D eigenvalue weighted by molar-refractivity contribution is 0.0920. The first kappa shape index (κ1) is 18.2. The van der Waals surface area contributed by atoms with Gasteiger partial charge < -0.3 is 14.6 Å². The van der Waals surface area contributed by atoms with E-state index in [1.807, 2.05) is 44.9 Å². The van der Waals surface area contributed by atoms with Gasteiger partial charge in [-0.3, -0.25) is 9.79 Å². The van der Waals surface area contributed by atoms with Crippen LogP contribution in [-0.2, 0) is 13.0 Å². The lowest BCUT2D eigenvalue weighted by Crippen LogP contribution is -2.23. The molecule has 2 atom stereocenters. The Bertz CT molecular complexity index is 899. The van der Waals surface area contributed by atoms with Crippen molar-refractivity contribution < 1.29 is 9.21 Å². The third kappa shape index (κ3) is 3.38. The van der Waals surface area contributed by atoms with E-state index in [4.69, 9.17) is 9.41 Å². The maximum atomic E-state index is 12.7. The predicted molar refractivity (Wildman–Crippen MR) is 111 cm³/mol. The Morgan fingerprint density at radius 2 is 2.04 bits per heavy atom. The lowest BCUT2D eigenvalue weighted by atomic mass is 9.90. The predicted octanol–water partition coefficient (Wildman–Crippen LogP) is 4.11. The Morgan fingerprint density at radius 3 is 2.74 bits per heavy atom. The first-order chi connectivity index (χ1) is 12.9. The van der Waals surface area contributed by atoms with Crippen molar-refractivity contribution >= 4 is 28.4 Å². The summed E-state index contributed by atoms with van der Waals surface area (Å²) in [6.45, 7) is 4.53. The fourth-order valence-corrected chi connectivity index (χ4v) is 5.06. The van der Waals surface area contributed by atoms with Crippen molar-refractivity contribution in [1.82, 2.24) is 5.32 Å². The van der Waals surface area contributed by atoms with E-state index in [0.717, 1.165) is 46.0 Å². The molecule has 5 nitrogen and oxygen atoms in total. The molecule has 27 heavy (non-hydrogen) atoms. The standard InChI is InChI=1S/C21H25N3O2S/c1-12-18-16(9-10-17-19(18)23-13(2)27-17)26-20(12)21(25)22-11-14-5-7-15(8-6-14)24(3)4/h5-8,17,19H,9-11H2,1-4H3,(H,22,25)/t17-,19+/m0/s1. The molecule has 0 fully saturated rings. The largest absolute Gasteiger partial charge is 0.455 e. The molecule has 1 aromatic carbocycles. The number of thioether (sulfide) groups is 1. The van der Waals surface area contributed by atoms with Crippen LogP contribution in [0.1, 0.15) is 52.4 Å². The van der Waals surface area contributed by atoms with Gasteiger partial charge in [0.2, 0.25) is 0 Å². The summed E-state index contributed by atoms with van der Waals surface area (Å²) in [5.74, 6) is 1.23. The molecule has 1 aliphatic heterocycles. The number of hydrogen-bond donors (Lipinski definition) is 1. The number of amides is 1. The first-order valence-electron chi connectivity index (χ1n) is 9.31. The highest BCUT2D eigenvalue weighted by molar-refractivity contribution is 8.14. The third-order valence-corrected chi connectivity index (χ3v) is 6.57. The highest BCUT2D eigenvalue weighted by atomic mass is 32.2. The van der Waals surface area contributed by atoms with Gasteiger partial charge in [-0.1, -0.05) is 12.1 Å². The summed E-state index contributed by atoms with van der Waals surface area (Å²) in [7, 11) is 4.02. The molecule has 1 aliphatic carbocycles. The molecule has 2 aliphatic rings. The molecule has 1 aromatic heterocycles. The minimum absolute atomic E-state index is 0.141. The minimum atomic E-state index is -0.151. The number of fused-ring (bicyclic) bond motifs is 3. The van der Waals surface area contributed by atoms with Crippen LogP contribution in [0.2, 0.25) is 0 Å². The van der Waals surface area contributed by atoms with Crippen LogP contribution in [0.5, 0.6) is 0 Å². The minimum Gasteiger partial charge on any atom is -0.455 e. The quantitative estimate of drug-likeness (QED) is 0.863. The molecule has 142 valence electrons. The summed E-state index contributed by atoms with van der Waals surface area (Å²) in [5, 5.41) is 4.61. The molecule has 0 bridgehead atoms. The van der Waals surface area contributed by atoms with Crippen LogP contribution in [0.25, 0.3) is 0 Å². The number of aliphatic imine (C=N–C) groups is 1.